The maximum Gasteiger partial charge on any atom is 0.146 e. The van der Waals surface area contributed by atoms with Crippen molar-refractivity contribution in [2.75, 3.05) is 0 Å². The molecule has 0 radical (unpaired) electrons. The SMILES string of the molecule is CC(C)[Si](C#Cc1ccc2c(c1)COc1cc3c(cc1-2)CCC=C3)(C(C)C)C(C)C. The van der Waals surface area contributed by atoms with Gasteiger partial charge in [0.2, 0.25) is 0 Å². The molecule has 0 N–H and O–H groups in total. The van der Waals surface area contributed by atoms with Gasteiger partial charge in [0.1, 0.15) is 20.4 Å². The number of hydrogen-bond acceptors (Lipinski definition) is 1. The van der Waals surface area contributed by atoms with Gasteiger partial charge in [-0.3, -0.25) is 0 Å². The summed E-state index contributed by atoms with van der Waals surface area (Å²) in [7, 11) is -1.72. The van der Waals surface area contributed by atoms with Crippen LogP contribution in [0.3, 0.4) is 0 Å². The lowest BCUT2D eigenvalue weighted by molar-refractivity contribution is 0.302. The van der Waals surface area contributed by atoms with Gasteiger partial charge in [-0.2, -0.15) is 0 Å². The predicted molar refractivity (Wildman–Crippen MR) is 131 cm³/mol. The molecule has 2 heteroatoms. The van der Waals surface area contributed by atoms with E-state index in [0.29, 0.717) is 23.2 Å². The summed E-state index contributed by atoms with van der Waals surface area (Å²) in [5.74, 6) is 4.61. The van der Waals surface area contributed by atoms with E-state index in [0.717, 1.165) is 24.2 Å². The Labute approximate surface area is 183 Å². The molecule has 4 rings (SSSR count). The molecule has 0 bridgehead atoms. The molecule has 156 valence electrons. The van der Waals surface area contributed by atoms with Crippen LogP contribution in [0.15, 0.2) is 36.4 Å². The molecule has 1 heterocycles. The molecule has 0 spiro atoms. The Balaban J connectivity index is 1.72. The lowest BCUT2D eigenvalue weighted by Crippen LogP contribution is -2.43. The van der Waals surface area contributed by atoms with Crippen molar-refractivity contribution in [2.45, 2.75) is 77.6 Å². The van der Waals surface area contributed by atoms with Crippen LogP contribution in [-0.2, 0) is 13.0 Å². The number of hydrogen-bond donors (Lipinski definition) is 0. The summed E-state index contributed by atoms with van der Waals surface area (Å²) in [5, 5.41) is 0. The van der Waals surface area contributed by atoms with E-state index in [9.17, 15) is 0 Å². The fourth-order valence-electron chi connectivity index (χ4n) is 5.61. The molecule has 0 saturated heterocycles. The van der Waals surface area contributed by atoms with Crippen LogP contribution in [0.4, 0.5) is 0 Å². The summed E-state index contributed by atoms with van der Waals surface area (Å²) in [5.41, 5.74) is 13.5. The normalized spacial score (nSPS) is 14.7. The Morgan fingerprint density at radius 1 is 0.867 bits per heavy atom. The highest BCUT2D eigenvalue weighted by molar-refractivity contribution is 6.90. The average molecular weight is 415 g/mol. The zero-order valence-corrected chi connectivity index (χ0v) is 20.3. The average Bonchev–Trinajstić information content (AvgIpc) is 2.71. The third-order valence-corrected chi connectivity index (χ3v) is 13.5. The van der Waals surface area contributed by atoms with Crippen molar-refractivity contribution in [1.82, 2.24) is 0 Å². The second kappa shape index (κ2) is 8.12. The van der Waals surface area contributed by atoms with Crippen LogP contribution in [0, 0.1) is 11.5 Å². The van der Waals surface area contributed by atoms with Gasteiger partial charge in [0.05, 0.1) is 0 Å². The number of rotatable bonds is 3. The second-order valence-corrected chi connectivity index (χ2v) is 15.4. The van der Waals surface area contributed by atoms with Gasteiger partial charge in [0, 0.05) is 11.1 Å². The monoisotopic (exact) mass is 414 g/mol. The van der Waals surface area contributed by atoms with E-state index in [1.807, 2.05) is 0 Å². The van der Waals surface area contributed by atoms with Crippen molar-refractivity contribution >= 4 is 14.1 Å². The number of fused-ring (bicyclic) bond motifs is 4. The van der Waals surface area contributed by atoms with Crippen molar-refractivity contribution in [3.8, 4) is 28.3 Å². The number of aryl methyl sites for hydroxylation is 1. The maximum atomic E-state index is 6.16. The Kier molecular flexibility index (Phi) is 5.69. The van der Waals surface area contributed by atoms with Gasteiger partial charge in [-0.15, -0.1) is 5.54 Å². The molecule has 2 aromatic carbocycles. The third-order valence-electron chi connectivity index (χ3n) is 7.19. The number of ether oxygens (including phenoxy) is 1. The van der Waals surface area contributed by atoms with Gasteiger partial charge >= 0.3 is 0 Å². The van der Waals surface area contributed by atoms with Gasteiger partial charge in [-0.05, 0) is 76.0 Å². The minimum Gasteiger partial charge on any atom is -0.488 e. The van der Waals surface area contributed by atoms with Crippen molar-refractivity contribution in [2.24, 2.45) is 0 Å². The Morgan fingerprint density at radius 3 is 2.30 bits per heavy atom. The van der Waals surface area contributed by atoms with E-state index in [1.165, 1.54) is 27.8 Å². The quantitative estimate of drug-likeness (QED) is 0.368. The van der Waals surface area contributed by atoms with Crippen molar-refractivity contribution in [3.05, 3.63) is 58.7 Å². The van der Waals surface area contributed by atoms with Crippen LogP contribution in [0.5, 0.6) is 5.75 Å². The Bertz CT molecular complexity index is 1020. The fourth-order valence-corrected chi connectivity index (χ4v) is 10.8. The van der Waals surface area contributed by atoms with Gasteiger partial charge in [-0.1, -0.05) is 65.7 Å². The van der Waals surface area contributed by atoms with E-state index in [-0.39, 0.29) is 0 Å². The predicted octanol–water partition coefficient (Wildman–Crippen LogP) is 7.77. The number of benzene rings is 2. The smallest absolute Gasteiger partial charge is 0.146 e. The lowest BCUT2D eigenvalue weighted by Gasteiger charge is -2.38. The fraction of sp³-hybridized carbons (Fsp3) is 0.429. The van der Waals surface area contributed by atoms with Gasteiger partial charge in [0.15, 0.2) is 0 Å². The van der Waals surface area contributed by atoms with E-state index >= 15 is 0 Å². The molecule has 0 fully saturated rings. The summed E-state index contributed by atoms with van der Waals surface area (Å²) in [6.07, 6.45) is 6.72. The highest BCUT2D eigenvalue weighted by Gasteiger charge is 2.41. The first-order valence-corrected chi connectivity index (χ1v) is 13.7. The first kappa shape index (κ1) is 21.0. The molecule has 1 aliphatic carbocycles. The minimum absolute atomic E-state index is 0.626. The van der Waals surface area contributed by atoms with Gasteiger partial charge in [0.25, 0.3) is 0 Å². The van der Waals surface area contributed by atoms with E-state index < -0.39 is 8.07 Å². The molecule has 0 atom stereocenters. The van der Waals surface area contributed by atoms with Crippen molar-refractivity contribution < 1.29 is 4.74 Å². The molecule has 0 aromatic heterocycles. The van der Waals surface area contributed by atoms with Crippen LogP contribution >= 0.6 is 0 Å². The zero-order valence-electron chi connectivity index (χ0n) is 19.3. The van der Waals surface area contributed by atoms with Crippen LogP contribution in [0.1, 0.15) is 70.2 Å². The topological polar surface area (TPSA) is 9.23 Å². The highest BCUT2D eigenvalue weighted by atomic mass is 28.3. The summed E-state index contributed by atoms with van der Waals surface area (Å²) in [6, 6.07) is 11.3. The lowest BCUT2D eigenvalue weighted by atomic mass is 9.89. The molecule has 0 saturated carbocycles. The van der Waals surface area contributed by atoms with Gasteiger partial charge < -0.3 is 4.74 Å². The second-order valence-electron chi connectivity index (χ2n) is 9.80. The Morgan fingerprint density at radius 2 is 1.60 bits per heavy atom. The molecular formula is C28H34OSi. The van der Waals surface area contributed by atoms with E-state index in [1.54, 1.807) is 0 Å². The minimum atomic E-state index is -1.72. The highest BCUT2D eigenvalue weighted by Crippen LogP contribution is 2.42. The van der Waals surface area contributed by atoms with E-state index in [4.69, 9.17) is 4.74 Å². The van der Waals surface area contributed by atoms with Crippen LogP contribution in [0.2, 0.25) is 16.6 Å². The summed E-state index contributed by atoms with van der Waals surface area (Å²) in [6.45, 7) is 14.8. The molecule has 30 heavy (non-hydrogen) atoms. The molecule has 2 aromatic rings. The summed E-state index contributed by atoms with van der Waals surface area (Å²) < 4.78 is 6.16. The van der Waals surface area contributed by atoms with Crippen LogP contribution in [0.25, 0.3) is 17.2 Å². The molecular weight excluding hydrogens is 380 g/mol. The summed E-state index contributed by atoms with van der Waals surface area (Å²) >= 11 is 0. The first-order valence-electron chi connectivity index (χ1n) is 11.5. The summed E-state index contributed by atoms with van der Waals surface area (Å²) in [4.78, 5) is 0. The first-order chi connectivity index (χ1) is 14.3. The van der Waals surface area contributed by atoms with Crippen molar-refractivity contribution in [3.63, 3.8) is 0 Å². The third kappa shape index (κ3) is 3.54. The molecule has 1 aliphatic heterocycles. The van der Waals surface area contributed by atoms with Gasteiger partial charge in [-0.25, -0.2) is 0 Å². The molecule has 0 unspecified atom stereocenters. The largest absolute Gasteiger partial charge is 0.488 e. The van der Waals surface area contributed by atoms with Crippen molar-refractivity contribution in [1.29, 1.82) is 0 Å². The molecule has 0 amide bonds. The van der Waals surface area contributed by atoms with Crippen LogP contribution < -0.4 is 4.74 Å². The Hall–Kier alpha value is -2.24. The maximum absolute atomic E-state index is 6.16. The van der Waals surface area contributed by atoms with Crippen LogP contribution in [-0.4, -0.2) is 8.07 Å². The molecule has 1 nitrogen and oxygen atoms in total. The standard InChI is InChI=1S/C28H34OSi/c1-19(2)30(20(3)4,21(5)6)14-13-22-11-12-26-25(15-22)18-29-28-17-24-10-8-7-9-23(24)16-27(26)28/h8,10-12,15-17,19-21H,7,9,18H2,1-6H3. The number of allylic oxidation sites excluding steroid dienone is 1. The van der Waals surface area contributed by atoms with E-state index in [2.05, 4.69) is 95.5 Å². The zero-order chi connectivity index (χ0) is 21.5. The molecule has 2 aliphatic rings.